The van der Waals surface area contributed by atoms with Crippen LogP contribution >= 0.6 is 0 Å². The van der Waals surface area contributed by atoms with Gasteiger partial charge in [0.2, 0.25) is 0 Å². The molecular formula is C11H16O2. The molecule has 0 spiro atoms. The topological polar surface area (TPSA) is 29.5 Å². The molecule has 0 heterocycles. The van der Waals surface area contributed by atoms with Crippen LogP contribution in [0.15, 0.2) is 18.2 Å². The van der Waals surface area contributed by atoms with Crippen LogP contribution in [0.4, 0.5) is 0 Å². The number of rotatable bonds is 3. The zero-order valence-electron chi connectivity index (χ0n) is 8.37. The first-order chi connectivity index (χ1) is 6.17. The monoisotopic (exact) mass is 180 g/mol. The Labute approximate surface area is 79.2 Å². The Balaban J connectivity index is 3.01. The third kappa shape index (κ3) is 2.46. The van der Waals surface area contributed by atoms with E-state index >= 15 is 0 Å². The van der Waals surface area contributed by atoms with Gasteiger partial charge in [-0.2, -0.15) is 0 Å². The zero-order chi connectivity index (χ0) is 9.84. The average Bonchev–Trinajstić information content (AvgIpc) is 2.15. The van der Waals surface area contributed by atoms with Crippen LogP contribution in [0.3, 0.4) is 0 Å². The summed E-state index contributed by atoms with van der Waals surface area (Å²) in [6.45, 7) is 3.95. The van der Waals surface area contributed by atoms with E-state index in [2.05, 4.69) is 0 Å². The van der Waals surface area contributed by atoms with Crippen LogP contribution in [-0.2, 0) is 0 Å². The number of methoxy groups -OCH3 is 1. The molecule has 2 heteroatoms. The lowest BCUT2D eigenvalue weighted by atomic mass is 10.0. The van der Waals surface area contributed by atoms with Crippen molar-refractivity contribution in [2.24, 2.45) is 0 Å². The van der Waals surface area contributed by atoms with Crippen molar-refractivity contribution in [2.75, 3.05) is 7.11 Å². The minimum absolute atomic E-state index is 0.381. The molecule has 1 rings (SSSR count). The van der Waals surface area contributed by atoms with E-state index in [-0.39, 0.29) is 6.10 Å². The van der Waals surface area contributed by atoms with Crippen molar-refractivity contribution in [1.82, 2.24) is 0 Å². The Hall–Kier alpha value is -1.02. The van der Waals surface area contributed by atoms with Gasteiger partial charge in [0, 0.05) is 0 Å². The summed E-state index contributed by atoms with van der Waals surface area (Å²) in [7, 11) is 1.64. The Bertz CT molecular complexity index is 281. The van der Waals surface area contributed by atoms with E-state index in [1.54, 1.807) is 7.11 Å². The number of hydrogen-bond donors (Lipinski definition) is 1. The third-order valence-electron chi connectivity index (χ3n) is 2.08. The quantitative estimate of drug-likeness (QED) is 0.774. The van der Waals surface area contributed by atoms with E-state index in [9.17, 15) is 5.11 Å². The molecule has 0 bridgehead atoms. The number of aliphatic hydroxyl groups excluding tert-OH is 1. The molecule has 0 aliphatic rings. The van der Waals surface area contributed by atoms with Gasteiger partial charge in [-0.15, -0.1) is 0 Å². The number of aliphatic hydroxyl groups is 1. The fraction of sp³-hybridized carbons (Fsp3) is 0.455. The summed E-state index contributed by atoms with van der Waals surface area (Å²) in [6, 6.07) is 5.81. The first kappa shape index (κ1) is 10.1. The maximum atomic E-state index is 9.62. The van der Waals surface area contributed by atoms with Crippen LogP contribution in [0.1, 0.15) is 30.6 Å². The molecule has 0 aliphatic carbocycles. The van der Waals surface area contributed by atoms with Crippen molar-refractivity contribution < 1.29 is 9.84 Å². The average molecular weight is 180 g/mol. The van der Waals surface area contributed by atoms with E-state index in [0.717, 1.165) is 23.3 Å². The standard InChI is InChI=1S/C11H16O2/c1-4-11(12)9-5-8(2)6-10(7-9)13-3/h5-7,11-12H,4H2,1-3H3. The van der Waals surface area contributed by atoms with Crippen molar-refractivity contribution in [3.05, 3.63) is 29.3 Å². The summed E-state index contributed by atoms with van der Waals surface area (Å²) >= 11 is 0. The summed E-state index contributed by atoms with van der Waals surface area (Å²) < 4.78 is 5.12. The normalized spacial score (nSPS) is 12.6. The SMILES string of the molecule is CCC(O)c1cc(C)cc(OC)c1. The molecule has 1 unspecified atom stereocenters. The molecule has 1 aromatic carbocycles. The first-order valence-corrected chi connectivity index (χ1v) is 4.51. The van der Waals surface area contributed by atoms with Gasteiger partial charge in [0.25, 0.3) is 0 Å². The summed E-state index contributed by atoms with van der Waals surface area (Å²) in [5.41, 5.74) is 2.04. The second-order valence-electron chi connectivity index (χ2n) is 3.21. The second kappa shape index (κ2) is 4.28. The summed E-state index contributed by atoms with van der Waals surface area (Å²) in [4.78, 5) is 0. The van der Waals surface area contributed by atoms with Gasteiger partial charge in [0.1, 0.15) is 5.75 Å². The minimum atomic E-state index is -0.381. The number of aryl methyl sites for hydroxylation is 1. The molecule has 0 amide bonds. The van der Waals surface area contributed by atoms with E-state index in [4.69, 9.17) is 4.74 Å². The lowest BCUT2D eigenvalue weighted by Crippen LogP contribution is -1.96. The molecule has 0 saturated heterocycles. The highest BCUT2D eigenvalue weighted by Crippen LogP contribution is 2.23. The number of ether oxygens (including phenoxy) is 1. The van der Waals surface area contributed by atoms with Crippen LogP contribution in [0, 0.1) is 6.92 Å². The Morgan fingerprint density at radius 3 is 2.62 bits per heavy atom. The molecule has 1 aromatic rings. The molecule has 0 aromatic heterocycles. The highest BCUT2D eigenvalue weighted by molar-refractivity contribution is 5.34. The van der Waals surface area contributed by atoms with Crippen molar-refractivity contribution in [3.63, 3.8) is 0 Å². The lowest BCUT2D eigenvalue weighted by molar-refractivity contribution is 0.173. The molecule has 2 nitrogen and oxygen atoms in total. The fourth-order valence-corrected chi connectivity index (χ4v) is 1.32. The van der Waals surface area contributed by atoms with Gasteiger partial charge in [-0.3, -0.25) is 0 Å². The van der Waals surface area contributed by atoms with Crippen molar-refractivity contribution in [3.8, 4) is 5.75 Å². The molecule has 0 saturated carbocycles. The van der Waals surface area contributed by atoms with Crippen LogP contribution in [0.5, 0.6) is 5.75 Å². The summed E-state index contributed by atoms with van der Waals surface area (Å²) in [5, 5.41) is 9.62. The highest BCUT2D eigenvalue weighted by atomic mass is 16.5. The third-order valence-corrected chi connectivity index (χ3v) is 2.08. The van der Waals surface area contributed by atoms with Gasteiger partial charge in [-0.25, -0.2) is 0 Å². The van der Waals surface area contributed by atoms with Crippen LogP contribution in [-0.4, -0.2) is 12.2 Å². The molecule has 13 heavy (non-hydrogen) atoms. The largest absolute Gasteiger partial charge is 0.497 e. The predicted octanol–water partition coefficient (Wildman–Crippen LogP) is 2.45. The predicted molar refractivity (Wildman–Crippen MR) is 53.0 cm³/mol. The van der Waals surface area contributed by atoms with Crippen molar-refractivity contribution in [1.29, 1.82) is 0 Å². The highest BCUT2D eigenvalue weighted by Gasteiger charge is 2.06. The van der Waals surface area contributed by atoms with Crippen LogP contribution < -0.4 is 4.74 Å². The van der Waals surface area contributed by atoms with Gasteiger partial charge in [0.05, 0.1) is 13.2 Å². The zero-order valence-corrected chi connectivity index (χ0v) is 8.37. The van der Waals surface area contributed by atoms with Gasteiger partial charge in [-0.1, -0.05) is 13.0 Å². The second-order valence-corrected chi connectivity index (χ2v) is 3.21. The molecule has 0 aliphatic heterocycles. The molecule has 1 N–H and O–H groups in total. The van der Waals surface area contributed by atoms with Gasteiger partial charge >= 0.3 is 0 Å². The maximum absolute atomic E-state index is 9.62. The van der Waals surface area contributed by atoms with Gasteiger partial charge in [-0.05, 0) is 36.6 Å². The molecular weight excluding hydrogens is 164 g/mol. The van der Waals surface area contributed by atoms with Gasteiger partial charge < -0.3 is 9.84 Å². The Kier molecular flexibility index (Phi) is 3.32. The molecule has 0 radical (unpaired) electrons. The van der Waals surface area contributed by atoms with E-state index in [1.807, 2.05) is 32.0 Å². The van der Waals surface area contributed by atoms with Crippen molar-refractivity contribution >= 4 is 0 Å². The lowest BCUT2D eigenvalue weighted by Gasteiger charge is -2.10. The van der Waals surface area contributed by atoms with E-state index in [1.165, 1.54) is 0 Å². The van der Waals surface area contributed by atoms with Crippen LogP contribution in [0.2, 0.25) is 0 Å². The molecule has 72 valence electrons. The Morgan fingerprint density at radius 1 is 1.38 bits per heavy atom. The number of benzene rings is 1. The van der Waals surface area contributed by atoms with Crippen LogP contribution in [0.25, 0.3) is 0 Å². The van der Waals surface area contributed by atoms with E-state index in [0.29, 0.717) is 0 Å². The maximum Gasteiger partial charge on any atom is 0.119 e. The summed E-state index contributed by atoms with van der Waals surface area (Å²) in [5.74, 6) is 0.808. The molecule has 0 fully saturated rings. The number of hydrogen-bond acceptors (Lipinski definition) is 2. The minimum Gasteiger partial charge on any atom is -0.497 e. The van der Waals surface area contributed by atoms with Crippen molar-refractivity contribution in [2.45, 2.75) is 26.4 Å². The van der Waals surface area contributed by atoms with Gasteiger partial charge in [0.15, 0.2) is 0 Å². The smallest absolute Gasteiger partial charge is 0.119 e. The summed E-state index contributed by atoms with van der Waals surface area (Å²) in [6.07, 6.45) is 0.348. The molecule has 1 atom stereocenters. The van der Waals surface area contributed by atoms with E-state index < -0.39 is 0 Å². The Morgan fingerprint density at radius 2 is 2.08 bits per heavy atom. The fourth-order valence-electron chi connectivity index (χ4n) is 1.32. The first-order valence-electron chi connectivity index (χ1n) is 4.51.